The first kappa shape index (κ1) is 14.9. The zero-order valence-corrected chi connectivity index (χ0v) is 10.2. The highest BCUT2D eigenvalue weighted by atomic mass is 16.5. The third-order valence-electron chi connectivity index (χ3n) is 2.10. The highest BCUT2D eigenvalue weighted by Gasteiger charge is 2.09. The molecule has 0 aromatic heterocycles. The summed E-state index contributed by atoms with van der Waals surface area (Å²) in [5.41, 5.74) is 0. The summed E-state index contributed by atoms with van der Waals surface area (Å²) in [4.78, 5) is 11.4. The Hall–Kier alpha value is -1.05. The lowest BCUT2D eigenvalue weighted by Gasteiger charge is -2.12. The van der Waals surface area contributed by atoms with E-state index >= 15 is 0 Å². The lowest BCUT2D eigenvalue weighted by molar-refractivity contribution is -0.122. The topological polar surface area (TPSA) is 50.4 Å². The van der Waals surface area contributed by atoms with Crippen LogP contribution in [0.25, 0.3) is 0 Å². The summed E-state index contributed by atoms with van der Waals surface area (Å²) in [7, 11) is 0. The van der Waals surface area contributed by atoms with Gasteiger partial charge in [0, 0.05) is 13.2 Å². The van der Waals surface area contributed by atoms with Crippen molar-refractivity contribution in [3.8, 4) is 12.3 Å². The standard InChI is InChI=1S/C12H22N2O2/c1-4-6-9-16-10-8-13-11(3)12(15)14-7-5-2/h2,11,13H,4,6-10H2,1,3H3,(H,14,15). The number of hydrogen-bond acceptors (Lipinski definition) is 3. The van der Waals surface area contributed by atoms with Crippen molar-refractivity contribution in [3.05, 3.63) is 0 Å². The minimum Gasteiger partial charge on any atom is -0.380 e. The van der Waals surface area contributed by atoms with E-state index in [9.17, 15) is 4.79 Å². The van der Waals surface area contributed by atoms with Gasteiger partial charge in [-0.25, -0.2) is 0 Å². The van der Waals surface area contributed by atoms with Crippen LogP contribution in [0.3, 0.4) is 0 Å². The summed E-state index contributed by atoms with van der Waals surface area (Å²) in [6.45, 7) is 6.30. The number of rotatable bonds is 9. The smallest absolute Gasteiger partial charge is 0.237 e. The van der Waals surface area contributed by atoms with Gasteiger partial charge in [-0.2, -0.15) is 0 Å². The molecule has 0 spiro atoms. The van der Waals surface area contributed by atoms with E-state index in [1.165, 1.54) is 0 Å². The Morgan fingerprint density at radius 1 is 1.50 bits per heavy atom. The van der Waals surface area contributed by atoms with Crippen molar-refractivity contribution >= 4 is 5.91 Å². The fourth-order valence-electron chi connectivity index (χ4n) is 1.08. The Morgan fingerprint density at radius 2 is 2.25 bits per heavy atom. The van der Waals surface area contributed by atoms with Crippen LogP contribution in [-0.2, 0) is 9.53 Å². The maximum atomic E-state index is 11.4. The molecule has 0 saturated heterocycles. The van der Waals surface area contributed by atoms with Gasteiger partial charge in [0.25, 0.3) is 0 Å². The fourth-order valence-corrected chi connectivity index (χ4v) is 1.08. The van der Waals surface area contributed by atoms with Crippen LogP contribution in [0, 0.1) is 12.3 Å². The average Bonchev–Trinajstić information content (AvgIpc) is 2.30. The molecule has 1 amide bonds. The van der Waals surface area contributed by atoms with Crippen molar-refractivity contribution in [2.45, 2.75) is 32.7 Å². The first-order chi connectivity index (χ1) is 7.72. The quantitative estimate of drug-likeness (QED) is 0.445. The molecular weight excluding hydrogens is 204 g/mol. The Morgan fingerprint density at radius 3 is 2.88 bits per heavy atom. The molecule has 2 N–H and O–H groups in total. The number of amides is 1. The molecule has 0 aliphatic rings. The van der Waals surface area contributed by atoms with Crippen molar-refractivity contribution < 1.29 is 9.53 Å². The average molecular weight is 226 g/mol. The van der Waals surface area contributed by atoms with Crippen LogP contribution in [-0.4, -0.2) is 38.3 Å². The molecule has 0 heterocycles. The van der Waals surface area contributed by atoms with Gasteiger partial charge < -0.3 is 15.4 Å². The zero-order chi connectivity index (χ0) is 12.2. The van der Waals surface area contributed by atoms with E-state index in [2.05, 4.69) is 23.5 Å². The van der Waals surface area contributed by atoms with E-state index in [1.807, 2.05) is 0 Å². The van der Waals surface area contributed by atoms with E-state index in [-0.39, 0.29) is 18.5 Å². The van der Waals surface area contributed by atoms with Gasteiger partial charge in [0.05, 0.1) is 19.2 Å². The minimum atomic E-state index is -0.233. The molecule has 0 aromatic rings. The lowest BCUT2D eigenvalue weighted by atomic mass is 10.3. The molecule has 16 heavy (non-hydrogen) atoms. The maximum absolute atomic E-state index is 11.4. The number of unbranched alkanes of at least 4 members (excludes halogenated alkanes) is 1. The fraction of sp³-hybridized carbons (Fsp3) is 0.750. The Bertz CT molecular complexity index is 224. The molecule has 4 heteroatoms. The largest absolute Gasteiger partial charge is 0.380 e. The van der Waals surface area contributed by atoms with Crippen LogP contribution < -0.4 is 10.6 Å². The number of terminal acetylenes is 1. The molecule has 0 rings (SSSR count). The first-order valence-electron chi connectivity index (χ1n) is 5.74. The molecule has 0 aliphatic carbocycles. The molecule has 4 nitrogen and oxygen atoms in total. The highest BCUT2D eigenvalue weighted by Crippen LogP contribution is 1.87. The predicted octanol–water partition coefficient (Wildman–Crippen LogP) is 0.531. The molecule has 92 valence electrons. The van der Waals surface area contributed by atoms with Crippen LogP contribution in [0.5, 0.6) is 0 Å². The van der Waals surface area contributed by atoms with E-state index in [1.54, 1.807) is 6.92 Å². The van der Waals surface area contributed by atoms with Crippen molar-refractivity contribution in [2.24, 2.45) is 0 Å². The number of hydrogen-bond donors (Lipinski definition) is 2. The van der Waals surface area contributed by atoms with Crippen LogP contribution in [0.15, 0.2) is 0 Å². The van der Waals surface area contributed by atoms with E-state index in [0.29, 0.717) is 13.2 Å². The minimum absolute atomic E-state index is 0.0773. The van der Waals surface area contributed by atoms with Crippen molar-refractivity contribution in [1.29, 1.82) is 0 Å². The summed E-state index contributed by atoms with van der Waals surface area (Å²) in [5, 5.41) is 5.68. The second kappa shape index (κ2) is 10.5. The first-order valence-corrected chi connectivity index (χ1v) is 5.74. The summed E-state index contributed by atoms with van der Waals surface area (Å²) >= 11 is 0. The second-order valence-electron chi connectivity index (χ2n) is 3.56. The lowest BCUT2D eigenvalue weighted by Crippen LogP contribution is -2.43. The van der Waals surface area contributed by atoms with Gasteiger partial charge in [-0.3, -0.25) is 4.79 Å². The number of carbonyl (C=O) groups excluding carboxylic acids is 1. The predicted molar refractivity (Wildman–Crippen MR) is 65.0 cm³/mol. The van der Waals surface area contributed by atoms with Gasteiger partial charge >= 0.3 is 0 Å². The van der Waals surface area contributed by atoms with Crippen molar-refractivity contribution in [1.82, 2.24) is 10.6 Å². The molecule has 0 aliphatic heterocycles. The van der Waals surface area contributed by atoms with E-state index < -0.39 is 0 Å². The monoisotopic (exact) mass is 226 g/mol. The van der Waals surface area contributed by atoms with Gasteiger partial charge in [-0.05, 0) is 13.3 Å². The van der Waals surface area contributed by atoms with Gasteiger partial charge in [0.2, 0.25) is 5.91 Å². The van der Waals surface area contributed by atoms with Crippen LogP contribution in [0.2, 0.25) is 0 Å². The van der Waals surface area contributed by atoms with Crippen LogP contribution in [0.1, 0.15) is 26.7 Å². The summed E-state index contributed by atoms with van der Waals surface area (Å²) < 4.78 is 5.36. The molecule has 0 aromatic carbocycles. The van der Waals surface area contributed by atoms with Gasteiger partial charge in [-0.1, -0.05) is 19.3 Å². The highest BCUT2D eigenvalue weighted by molar-refractivity contribution is 5.81. The van der Waals surface area contributed by atoms with Crippen LogP contribution >= 0.6 is 0 Å². The normalized spacial score (nSPS) is 11.8. The SMILES string of the molecule is C#CCNC(=O)C(C)NCCOCCCC. The third kappa shape index (κ3) is 8.27. The number of carbonyl (C=O) groups is 1. The summed E-state index contributed by atoms with van der Waals surface area (Å²) in [6.07, 6.45) is 7.26. The maximum Gasteiger partial charge on any atom is 0.237 e. The van der Waals surface area contributed by atoms with E-state index in [0.717, 1.165) is 19.4 Å². The van der Waals surface area contributed by atoms with Gasteiger partial charge in [0.15, 0.2) is 0 Å². The molecule has 1 atom stereocenters. The molecule has 0 fully saturated rings. The second-order valence-corrected chi connectivity index (χ2v) is 3.56. The molecular formula is C12H22N2O2. The summed E-state index contributed by atoms with van der Waals surface area (Å²) in [5.74, 6) is 2.28. The number of ether oxygens (including phenoxy) is 1. The van der Waals surface area contributed by atoms with E-state index in [4.69, 9.17) is 11.2 Å². The van der Waals surface area contributed by atoms with Crippen LogP contribution in [0.4, 0.5) is 0 Å². The van der Waals surface area contributed by atoms with Crippen molar-refractivity contribution in [2.75, 3.05) is 26.3 Å². The summed E-state index contributed by atoms with van der Waals surface area (Å²) in [6, 6.07) is -0.233. The van der Waals surface area contributed by atoms with Crippen molar-refractivity contribution in [3.63, 3.8) is 0 Å². The number of nitrogens with one attached hydrogen (secondary N) is 2. The molecule has 0 saturated carbocycles. The Labute approximate surface area is 98.1 Å². The Kier molecular flexibility index (Phi) is 9.78. The third-order valence-corrected chi connectivity index (χ3v) is 2.10. The molecule has 0 bridgehead atoms. The molecule has 1 unspecified atom stereocenters. The molecule has 0 radical (unpaired) electrons. The zero-order valence-electron chi connectivity index (χ0n) is 10.2. The Balaban J connectivity index is 3.39. The van der Waals surface area contributed by atoms with Gasteiger partial charge in [-0.15, -0.1) is 6.42 Å². The van der Waals surface area contributed by atoms with Gasteiger partial charge in [0.1, 0.15) is 0 Å².